The molecule has 3 N–H and O–H groups in total. The summed E-state index contributed by atoms with van der Waals surface area (Å²) in [6.45, 7) is 3.53. The third-order valence-electron chi connectivity index (χ3n) is 10.4. The van der Waals surface area contributed by atoms with Crippen LogP contribution in [0.4, 0.5) is 0 Å². The van der Waals surface area contributed by atoms with Crippen LogP contribution in [0.25, 0.3) is 0 Å². The first-order valence-corrected chi connectivity index (χ1v) is 27.2. The fourth-order valence-corrected chi connectivity index (χ4v) is 7.44. The summed E-state index contributed by atoms with van der Waals surface area (Å²) in [7, 11) is -4.39. The van der Waals surface area contributed by atoms with Gasteiger partial charge in [0.1, 0.15) is 6.61 Å². The second kappa shape index (κ2) is 50.3. The molecule has 0 aliphatic heterocycles. The normalized spacial score (nSPS) is 14.0. The molecule has 0 bridgehead atoms. The Bertz CT molecular complexity index is 1380. The minimum atomic E-state index is -4.39. The van der Waals surface area contributed by atoms with Crippen LogP contribution in [-0.2, 0) is 32.7 Å². The monoisotopic (exact) mass is 928 g/mol. The summed E-state index contributed by atoms with van der Waals surface area (Å²) < 4.78 is 32.9. The Labute approximate surface area is 397 Å². The van der Waals surface area contributed by atoms with Crippen LogP contribution in [0.5, 0.6) is 0 Å². The van der Waals surface area contributed by atoms with Crippen molar-refractivity contribution in [2.45, 2.75) is 213 Å². The molecule has 0 fully saturated rings. The van der Waals surface area contributed by atoms with Crippen LogP contribution in [0.2, 0.25) is 0 Å². The summed E-state index contributed by atoms with van der Waals surface area (Å²) in [5, 5.41) is 0. The average molecular weight is 928 g/mol. The van der Waals surface area contributed by atoms with Crippen LogP contribution >= 0.6 is 7.82 Å². The maximum Gasteiger partial charge on any atom is 0.472 e. The number of hydrogen-bond acceptors (Lipinski definition) is 8. The van der Waals surface area contributed by atoms with Gasteiger partial charge < -0.3 is 20.1 Å². The number of ether oxygens (including phenoxy) is 2. The molecule has 0 spiro atoms. The van der Waals surface area contributed by atoms with Crippen molar-refractivity contribution in [1.82, 2.24) is 0 Å². The van der Waals surface area contributed by atoms with Crippen molar-refractivity contribution in [2.75, 3.05) is 26.4 Å². The summed E-state index contributed by atoms with van der Waals surface area (Å²) in [5.41, 5.74) is 5.36. The molecule has 0 aliphatic carbocycles. The predicted octanol–water partition coefficient (Wildman–Crippen LogP) is 15.7. The van der Waals surface area contributed by atoms with E-state index in [1.54, 1.807) is 0 Å². The predicted molar refractivity (Wildman–Crippen MR) is 275 cm³/mol. The SMILES string of the molecule is CC/C=C\C/C=C\C/C=C\C/C=C\C/C=C\C/C=C\CCCCCCCCCCCCCCC(=O)OC(COC(=O)CCCCCCC/C=C\C/C=C\CCC)COP(=O)(O)OCCN. The van der Waals surface area contributed by atoms with E-state index in [4.69, 9.17) is 24.3 Å². The van der Waals surface area contributed by atoms with E-state index in [9.17, 15) is 19.0 Å². The van der Waals surface area contributed by atoms with E-state index in [-0.39, 0.29) is 32.6 Å². The number of phosphoric acid groups is 1. The number of nitrogens with two attached hydrogens (primary N) is 1. The second-order valence-electron chi connectivity index (χ2n) is 16.7. The number of rotatable bonds is 47. The van der Waals surface area contributed by atoms with E-state index in [0.29, 0.717) is 12.8 Å². The molecule has 65 heavy (non-hydrogen) atoms. The smallest absolute Gasteiger partial charge is 0.462 e. The lowest BCUT2D eigenvalue weighted by Crippen LogP contribution is -2.29. The lowest BCUT2D eigenvalue weighted by atomic mass is 10.0. The molecule has 2 unspecified atom stereocenters. The Kier molecular flexibility index (Phi) is 48.0. The number of unbranched alkanes of at least 4 members (excludes halogenated alkanes) is 18. The highest BCUT2D eigenvalue weighted by atomic mass is 31.2. The van der Waals surface area contributed by atoms with Crippen LogP contribution in [0.15, 0.2) is 97.2 Å². The third kappa shape index (κ3) is 50.2. The van der Waals surface area contributed by atoms with Gasteiger partial charge in [-0.15, -0.1) is 0 Å². The highest BCUT2D eigenvalue weighted by Gasteiger charge is 2.26. The zero-order chi connectivity index (χ0) is 47.4. The van der Waals surface area contributed by atoms with Crippen LogP contribution in [0.3, 0.4) is 0 Å². The number of carbonyl (C=O) groups is 2. The zero-order valence-corrected chi connectivity index (χ0v) is 42.1. The lowest BCUT2D eigenvalue weighted by molar-refractivity contribution is -0.161. The van der Waals surface area contributed by atoms with E-state index < -0.39 is 32.5 Å². The second-order valence-corrected chi connectivity index (χ2v) is 18.1. The van der Waals surface area contributed by atoms with Gasteiger partial charge >= 0.3 is 19.8 Å². The van der Waals surface area contributed by atoms with Gasteiger partial charge in [-0.05, 0) is 89.9 Å². The molecule has 10 heteroatoms. The molecule has 0 aliphatic rings. The highest BCUT2D eigenvalue weighted by Crippen LogP contribution is 2.43. The van der Waals surface area contributed by atoms with Crippen LogP contribution in [0, 0.1) is 0 Å². The van der Waals surface area contributed by atoms with Crippen LogP contribution in [0.1, 0.15) is 206 Å². The largest absolute Gasteiger partial charge is 0.472 e. The number of carbonyl (C=O) groups excluding carboxylic acids is 2. The first-order valence-electron chi connectivity index (χ1n) is 25.7. The summed E-state index contributed by atoms with van der Waals surface area (Å²) in [4.78, 5) is 35.0. The fraction of sp³-hybridized carbons (Fsp3) is 0.673. The van der Waals surface area contributed by atoms with E-state index in [1.807, 2.05) is 0 Å². The summed E-state index contributed by atoms with van der Waals surface area (Å²) in [6.07, 6.45) is 66.0. The number of phosphoric ester groups is 1. The van der Waals surface area contributed by atoms with Gasteiger partial charge in [0.05, 0.1) is 13.2 Å². The number of hydrogen-bond donors (Lipinski definition) is 2. The van der Waals surface area contributed by atoms with Gasteiger partial charge in [-0.2, -0.15) is 0 Å². The highest BCUT2D eigenvalue weighted by molar-refractivity contribution is 7.47. The van der Waals surface area contributed by atoms with Gasteiger partial charge in [0.2, 0.25) is 0 Å². The summed E-state index contributed by atoms with van der Waals surface area (Å²) >= 11 is 0. The van der Waals surface area contributed by atoms with Crippen LogP contribution in [-0.4, -0.2) is 49.3 Å². The molecule has 0 aromatic carbocycles. The van der Waals surface area contributed by atoms with Crippen molar-refractivity contribution >= 4 is 19.8 Å². The van der Waals surface area contributed by atoms with E-state index in [1.165, 1.54) is 64.2 Å². The Morgan fingerprint density at radius 2 is 0.846 bits per heavy atom. The molecule has 0 aromatic heterocycles. The molecule has 0 amide bonds. The molecule has 0 heterocycles. The van der Waals surface area contributed by atoms with Crippen LogP contribution < -0.4 is 5.73 Å². The Morgan fingerprint density at radius 1 is 0.477 bits per heavy atom. The number of esters is 2. The Balaban J connectivity index is 3.99. The van der Waals surface area contributed by atoms with Gasteiger partial charge in [-0.1, -0.05) is 201 Å². The standard InChI is InChI=1S/C55H94NO8P/c1-3-5-7-9-11-13-15-17-18-19-20-21-22-23-24-25-26-27-28-29-30-31-32-33-34-36-38-40-42-44-46-48-55(58)64-53(52-63-65(59,60)62-50-49-56)51-61-54(57)47-45-43-41-39-37-35-16-14-12-10-8-6-4-2/h5,7-8,10-11,13-14,16-18,20-21,23-24,26-27,53H,3-4,6,9,12,15,19,22,25,28-52,56H2,1-2H3,(H,59,60)/b7-5-,10-8-,13-11-,16-14-,18-17-,21-20-,24-23-,27-26-. The van der Waals surface area contributed by atoms with E-state index >= 15 is 0 Å². The quantitative estimate of drug-likeness (QED) is 0.0265. The van der Waals surface area contributed by atoms with Gasteiger partial charge in [0.25, 0.3) is 0 Å². The van der Waals surface area contributed by atoms with Gasteiger partial charge in [-0.25, -0.2) is 4.57 Å². The summed E-state index contributed by atoms with van der Waals surface area (Å²) in [6, 6.07) is 0. The lowest BCUT2D eigenvalue weighted by Gasteiger charge is -2.19. The molecule has 2 atom stereocenters. The number of allylic oxidation sites excluding steroid dienone is 16. The minimum Gasteiger partial charge on any atom is -0.462 e. The van der Waals surface area contributed by atoms with E-state index in [0.717, 1.165) is 103 Å². The zero-order valence-electron chi connectivity index (χ0n) is 41.2. The third-order valence-corrected chi connectivity index (χ3v) is 11.4. The Morgan fingerprint density at radius 3 is 1.26 bits per heavy atom. The molecule has 0 saturated carbocycles. The maximum absolute atomic E-state index is 12.6. The Hall–Kier alpha value is -3.07. The van der Waals surface area contributed by atoms with Gasteiger partial charge in [-0.3, -0.25) is 18.6 Å². The van der Waals surface area contributed by atoms with Gasteiger partial charge in [0.15, 0.2) is 6.10 Å². The molecular formula is C55H94NO8P. The molecule has 0 radical (unpaired) electrons. The first-order chi connectivity index (χ1) is 31.8. The fourth-order valence-electron chi connectivity index (χ4n) is 6.68. The average Bonchev–Trinajstić information content (AvgIpc) is 3.30. The topological polar surface area (TPSA) is 134 Å². The van der Waals surface area contributed by atoms with Crippen molar-refractivity contribution < 1.29 is 37.6 Å². The van der Waals surface area contributed by atoms with Crippen molar-refractivity contribution in [2.24, 2.45) is 5.73 Å². The van der Waals surface area contributed by atoms with Gasteiger partial charge in [0, 0.05) is 19.4 Å². The molecular weight excluding hydrogens is 834 g/mol. The van der Waals surface area contributed by atoms with E-state index in [2.05, 4.69) is 111 Å². The van der Waals surface area contributed by atoms with Crippen molar-refractivity contribution in [3.8, 4) is 0 Å². The molecule has 0 saturated heterocycles. The maximum atomic E-state index is 12.6. The molecule has 0 rings (SSSR count). The van der Waals surface area contributed by atoms with Crippen molar-refractivity contribution in [3.63, 3.8) is 0 Å². The minimum absolute atomic E-state index is 0.0469. The molecule has 0 aromatic rings. The summed E-state index contributed by atoms with van der Waals surface area (Å²) in [5.74, 6) is -0.852. The first kappa shape index (κ1) is 61.9. The molecule has 372 valence electrons. The van der Waals surface area contributed by atoms with Crippen molar-refractivity contribution in [1.29, 1.82) is 0 Å². The molecule has 9 nitrogen and oxygen atoms in total. The van der Waals surface area contributed by atoms with Crippen molar-refractivity contribution in [3.05, 3.63) is 97.2 Å².